The van der Waals surface area contributed by atoms with Crippen LogP contribution in [0.2, 0.25) is 0 Å². The lowest BCUT2D eigenvalue weighted by Gasteiger charge is -2.13. The summed E-state index contributed by atoms with van der Waals surface area (Å²) < 4.78 is 12.9. The van der Waals surface area contributed by atoms with Crippen LogP contribution < -0.4 is 0 Å². The highest BCUT2D eigenvalue weighted by atomic mass is 79.9. The van der Waals surface area contributed by atoms with E-state index >= 15 is 0 Å². The maximum Gasteiger partial charge on any atom is 0.335 e. The first-order chi connectivity index (χ1) is 11.7. The van der Waals surface area contributed by atoms with Gasteiger partial charge in [0, 0.05) is 27.6 Å². The number of esters is 1. The van der Waals surface area contributed by atoms with Gasteiger partial charge >= 0.3 is 5.97 Å². The summed E-state index contributed by atoms with van der Waals surface area (Å²) in [6, 6.07) is 18.0. The molecule has 5 heteroatoms. The van der Waals surface area contributed by atoms with Gasteiger partial charge in [0.25, 0.3) is 0 Å². The van der Waals surface area contributed by atoms with Gasteiger partial charge in [0.15, 0.2) is 6.10 Å². The maximum atomic E-state index is 12.3. The van der Waals surface area contributed by atoms with Gasteiger partial charge in [-0.3, -0.25) is 0 Å². The summed E-state index contributed by atoms with van der Waals surface area (Å²) >= 11 is 5.07. The molecule has 0 aliphatic rings. The predicted octanol–water partition coefficient (Wildman–Crippen LogP) is 4.96. The molecule has 2 aromatic carbocycles. The van der Waals surface area contributed by atoms with Crippen molar-refractivity contribution in [2.24, 2.45) is 0 Å². The molecular weight excluding hydrogens is 388 g/mol. The number of benzene rings is 2. The molecule has 0 saturated heterocycles. The van der Waals surface area contributed by atoms with E-state index in [2.05, 4.69) is 34.1 Å². The summed E-state index contributed by atoms with van der Waals surface area (Å²) in [6.07, 6.45) is -0.0665. The normalized spacial score (nSPS) is 12.2. The fourth-order valence-corrected chi connectivity index (χ4v) is 3.77. The molecule has 0 aliphatic carbocycles. The molecule has 3 rings (SSSR count). The molecule has 0 aliphatic heterocycles. The fraction of sp³-hybridized carbons (Fsp3) is 0.211. The van der Waals surface area contributed by atoms with Crippen molar-refractivity contribution >= 4 is 43.3 Å². The van der Waals surface area contributed by atoms with Crippen molar-refractivity contribution in [3.05, 3.63) is 69.5 Å². The van der Waals surface area contributed by atoms with Crippen LogP contribution >= 0.6 is 27.3 Å². The van der Waals surface area contributed by atoms with E-state index in [-0.39, 0.29) is 12.6 Å². The number of carbonyl (C=O) groups is 1. The van der Waals surface area contributed by atoms with Gasteiger partial charge in [-0.2, -0.15) is 0 Å². The van der Waals surface area contributed by atoms with E-state index in [1.54, 1.807) is 18.4 Å². The second-order valence-corrected chi connectivity index (χ2v) is 7.50. The van der Waals surface area contributed by atoms with E-state index in [1.165, 1.54) is 10.1 Å². The zero-order chi connectivity index (χ0) is 16.9. The quantitative estimate of drug-likeness (QED) is 0.544. The second-order valence-electron chi connectivity index (χ2n) is 5.41. The van der Waals surface area contributed by atoms with Crippen LogP contribution in [0.4, 0.5) is 0 Å². The summed E-state index contributed by atoms with van der Waals surface area (Å²) in [5, 5.41) is 1.19. The molecule has 0 spiro atoms. The zero-order valence-electron chi connectivity index (χ0n) is 13.2. The summed E-state index contributed by atoms with van der Waals surface area (Å²) in [6.45, 7) is 0.248. The van der Waals surface area contributed by atoms with E-state index in [4.69, 9.17) is 9.47 Å². The molecule has 24 heavy (non-hydrogen) atoms. The van der Waals surface area contributed by atoms with Gasteiger partial charge in [-0.15, -0.1) is 11.3 Å². The molecule has 0 radical (unpaired) electrons. The van der Waals surface area contributed by atoms with Crippen molar-refractivity contribution in [1.29, 1.82) is 0 Å². The third-order valence-electron chi connectivity index (χ3n) is 3.70. The van der Waals surface area contributed by atoms with Crippen LogP contribution in [0.5, 0.6) is 0 Å². The molecule has 3 aromatic rings. The van der Waals surface area contributed by atoms with Crippen molar-refractivity contribution in [3.63, 3.8) is 0 Å². The first-order valence-electron chi connectivity index (χ1n) is 7.57. The summed E-state index contributed by atoms with van der Waals surface area (Å²) in [5.41, 5.74) is 0.947. The highest BCUT2D eigenvalue weighted by Gasteiger charge is 2.21. The highest BCUT2D eigenvalue weighted by Crippen LogP contribution is 2.26. The van der Waals surface area contributed by atoms with Crippen molar-refractivity contribution in [3.8, 4) is 0 Å². The van der Waals surface area contributed by atoms with Gasteiger partial charge in [0.05, 0.1) is 0 Å². The minimum Gasteiger partial charge on any atom is -0.459 e. The van der Waals surface area contributed by atoms with Crippen molar-refractivity contribution in [2.45, 2.75) is 19.1 Å². The van der Waals surface area contributed by atoms with E-state index in [0.29, 0.717) is 6.42 Å². The van der Waals surface area contributed by atoms with Crippen molar-refractivity contribution in [1.82, 2.24) is 0 Å². The minimum absolute atomic E-state index is 0.248. The SMILES string of the molecule is COC(Cc1cc2ccccc2s1)C(=O)OCc1ccc(Br)cc1. The van der Waals surface area contributed by atoms with Crippen LogP contribution in [-0.4, -0.2) is 19.2 Å². The molecule has 0 fully saturated rings. The summed E-state index contributed by atoms with van der Waals surface area (Å²) in [4.78, 5) is 13.4. The number of thiophene rings is 1. The van der Waals surface area contributed by atoms with Crippen LogP contribution in [0, 0.1) is 0 Å². The Kier molecular flexibility index (Phi) is 5.66. The van der Waals surface area contributed by atoms with Gasteiger partial charge in [-0.25, -0.2) is 4.79 Å². The van der Waals surface area contributed by atoms with Crippen LogP contribution in [-0.2, 0) is 27.3 Å². The molecule has 1 heterocycles. The molecular formula is C19H17BrO3S. The van der Waals surface area contributed by atoms with Gasteiger partial charge in [0.1, 0.15) is 6.61 Å². The van der Waals surface area contributed by atoms with Gasteiger partial charge < -0.3 is 9.47 Å². The first-order valence-corrected chi connectivity index (χ1v) is 9.18. The largest absolute Gasteiger partial charge is 0.459 e. The average Bonchev–Trinajstić information content (AvgIpc) is 3.01. The van der Waals surface area contributed by atoms with Crippen molar-refractivity contribution in [2.75, 3.05) is 7.11 Å². The zero-order valence-corrected chi connectivity index (χ0v) is 15.6. The van der Waals surface area contributed by atoms with Gasteiger partial charge in [0.2, 0.25) is 0 Å². The molecule has 3 nitrogen and oxygen atoms in total. The van der Waals surface area contributed by atoms with Gasteiger partial charge in [-0.05, 0) is 35.2 Å². The second kappa shape index (κ2) is 7.92. The number of fused-ring (bicyclic) bond motifs is 1. The molecule has 0 amide bonds. The Bertz CT molecular complexity index is 793. The molecule has 1 aromatic heterocycles. The van der Waals surface area contributed by atoms with E-state index in [9.17, 15) is 4.79 Å². The number of methoxy groups -OCH3 is 1. The van der Waals surface area contributed by atoms with E-state index in [1.807, 2.05) is 36.4 Å². The van der Waals surface area contributed by atoms with E-state index in [0.717, 1.165) is 14.9 Å². The van der Waals surface area contributed by atoms with Crippen LogP contribution in [0.3, 0.4) is 0 Å². The number of halogens is 1. The maximum absolute atomic E-state index is 12.3. The number of rotatable bonds is 6. The average molecular weight is 405 g/mol. The Morgan fingerprint density at radius 3 is 2.62 bits per heavy atom. The number of carbonyl (C=O) groups excluding carboxylic acids is 1. The highest BCUT2D eigenvalue weighted by molar-refractivity contribution is 9.10. The first kappa shape index (κ1) is 17.1. The smallest absolute Gasteiger partial charge is 0.335 e. The molecule has 124 valence electrons. The Morgan fingerprint density at radius 1 is 1.17 bits per heavy atom. The Balaban J connectivity index is 1.62. The van der Waals surface area contributed by atoms with Crippen LogP contribution in [0.1, 0.15) is 10.4 Å². The summed E-state index contributed by atoms with van der Waals surface area (Å²) in [7, 11) is 1.54. The Morgan fingerprint density at radius 2 is 1.92 bits per heavy atom. The predicted molar refractivity (Wildman–Crippen MR) is 100 cm³/mol. The third-order valence-corrected chi connectivity index (χ3v) is 5.37. The third kappa shape index (κ3) is 4.23. The van der Waals surface area contributed by atoms with Crippen LogP contribution in [0.25, 0.3) is 10.1 Å². The van der Waals surface area contributed by atoms with Gasteiger partial charge in [-0.1, -0.05) is 46.3 Å². The molecule has 0 saturated carbocycles. The standard InChI is InChI=1S/C19H17BrO3S/c1-22-17(11-16-10-14-4-2-3-5-18(14)24-16)19(21)23-12-13-6-8-15(20)9-7-13/h2-10,17H,11-12H2,1H3. The molecule has 0 bridgehead atoms. The van der Waals surface area contributed by atoms with E-state index < -0.39 is 6.10 Å². The molecule has 0 N–H and O–H groups in total. The monoisotopic (exact) mass is 404 g/mol. The Labute approximate surface area is 153 Å². The number of hydrogen-bond acceptors (Lipinski definition) is 4. The topological polar surface area (TPSA) is 35.5 Å². The lowest BCUT2D eigenvalue weighted by Crippen LogP contribution is -2.27. The lowest BCUT2D eigenvalue weighted by molar-refractivity contribution is -0.156. The van der Waals surface area contributed by atoms with Crippen molar-refractivity contribution < 1.29 is 14.3 Å². The van der Waals surface area contributed by atoms with Crippen LogP contribution in [0.15, 0.2) is 59.1 Å². The molecule has 1 atom stereocenters. The lowest BCUT2D eigenvalue weighted by atomic mass is 10.2. The number of hydrogen-bond donors (Lipinski definition) is 0. The number of ether oxygens (including phenoxy) is 2. The molecule has 1 unspecified atom stereocenters. The minimum atomic E-state index is -0.589. The fourth-order valence-electron chi connectivity index (χ4n) is 2.41. The Hall–Kier alpha value is -1.69. The summed E-state index contributed by atoms with van der Waals surface area (Å²) in [5.74, 6) is -0.335.